The number of alkyl halides is 3. The molecule has 0 saturated heterocycles. The highest BCUT2D eigenvalue weighted by Gasteiger charge is 2.32. The fourth-order valence-electron chi connectivity index (χ4n) is 1.58. The topological polar surface area (TPSA) is 34.1 Å². The van der Waals surface area contributed by atoms with Crippen LogP contribution in [0.15, 0.2) is 47.2 Å². The minimum atomic E-state index is -4.71. The van der Waals surface area contributed by atoms with Gasteiger partial charge >= 0.3 is 6.36 Å². The number of halogens is 4. The first-order valence-corrected chi connectivity index (χ1v) is 6.41. The standard InChI is InChI=1S/C13H10BrF3N2O/c14-10-5-9(6-18-8-10)7-19-11-3-1-2-4-12(11)20-13(15,16)17/h1-6,8,19H,7H2. The minimum absolute atomic E-state index is 0.261. The van der Waals surface area contributed by atoms with E-state index in [1.54, 1.807) is 18.5 Å². The van der Waals surface area contributed by atoms with Crippen molar-refractivity contribution < 1.29 is 17.9 Å². The van der Waals surface area contributed by atoms with Crippen LogP contribution < -0.4 is 10.1 Å². The molecule has 1 heterocycles. The van der Waals surface area contributed by atoms with Crippen molar-refractivity contribution in [3.8, 4) is 5.75 Å². The highest BCUT2D eigenvalue weighted by atomic mass is 79.9. The summed E-state index contributed by atoms with van der Waals surface area (Å²) < 4.78 is 41.6. The van der Waals surface area contributed by atoms with Crippen LogP contribution in [-0.2, 0) is 6.54 Å². The van der Waals surface area contributed by atoms with Crippen LogP contribution in [0, 0.1) is 0 Å². The van der Waals surface area contributed by atoms with Gasteiger partial charge in [-0.25, -0.2) is 0 Å². The third-order valence-corrected chi connectivity index (χ3v) is 2.79. The van der Waals surface area contributed by atoms with E-state index in [1.165, 1.54) is 18.2 Å². The van der Waals surface area contributed by atoms with Gasteiger partial charge in [-0.15, -0.1) is 13.2 Å². The van der Waals surface area contributed by atoms with Crippen molar-refractivity contribution >= 4 is 21.6 Å². The van der Waals surface area contributed by atoms with Gasteiger partial charge in [0.2, 0.25) is 0 Å². The van der Waals surface area contributed by atoms with Gasteiger partial charge in [0.05, 0.1) is 5.69 Å². The van der Waals surface area contributed by atoms with Crippen LogP contribution in [0.5, 0.6) is 5.75 Å². The predicted molar refractivity (Wildman–Crippen MR) is 72.4 cm³/mol. The van der Waals surface area contributed by atoms with Crippen molar-refractivity contribution in [1.29, 1.82) is 0 Å². The molecule has 1 aromatic carbocycles. The second-order valence-electron chi connectivity index (χ2n) is 3.91. The zero-order valence-electron chi connectivity index (χ0n) is 10.1. The summed E-state index contributed by atoms with van der Waals surface area (Å²) >= 11 is 3.28. The Morgan fingerprint density at radius 2 is 1.95 bits per heavy atom. The number of benzene rings is 1. The van der Waals surface area contributed by atoms with E-state index in [-0.39, 0.29) is 11.4 Å². The summed E-state index contributed by atoms with van der Waals surface area (Å²) in [6, 6.07) is 7.71. The number of rotatable bonds is 4. The second kappa shape index (κ2) is 6.13. The molecule has 3 nitrogen and oxygen atoms in total. The first-order chi connectivity index (χ1) is 9.44. The molecule has 2 rings (SSSR count). The third-order valence-electron chi connectivity index (χ3n) is 2.36. The molecule has 0 fully saturated rings. The Balaban J connectivity index is 2.09. The van der Waals surface area contributed by atoms with Crippen LogP contribution in [0.3, 0.4) is 0 Å². The number of hydrogen-bond donors (Lipinski definition) is 1. The SMILES string of the molecule is FC(F)(F)Oc1ccccc1NCc1cncc(Br)c1. The quantitative estimate of drug-likeness (QED) is 0.893. The van der Waals surface area contributed by atoms with Crippen LogP contribution in [-0.4, -0.2) is 11.3 Å². The number of nitrogens with zero attached hydrogens (tertiary/aromatic N) is 1. The van der Waals surface area contributed by atoms with Crippen LogP contribution in [0.4, 0.5) is 18.9 Å². The lowest BCUT2D eigenvalue weighted by Crippen LogP contribution is -2.18. The van der Waals surface area contributed by atoms with Crippen molar-refractivity contribution in [2.45, 2.75) is 12.9 Å². The molecule has 0 amide bonds. The molecule has 0 saturated carbocycles. The number of nitrogens with one attached hydrogen (secondary N) is 1. The van der Waals surface area contributed by atoms with Crippen molar-refractivity contribution in [1.82, 2.24) is 4.98 Å². The molecule has 0 radical (unpaired) electrons. The Morgan fingerprint density at radius 3 is 2.65 bits per heavy atom. The molecule has 2 aromatic rings. The van der Waals surface area contributed by atoms with E-state index in [0.29, 0.717) is 6.54 Å². The monoisotopic (exact) mass is 346 g/mol. The van der Waals surface area contributed by atoms with Crippen LogP contribution >= 0.6 is 15.9 Å². The molecule has 0 bridgehead atoms. The van der Waals surface area contributed by atoms with Gasteiger partial charge in [0.15, 0.2) is 5.75 Å². The molecule has 106 valence electrons. The van der Waals surface area contributed by atoms with Gasteiger partial charge in [0.1, 0.15) is 0 Å². The number of hydrogen-bond acceptors (Lipinski definition) is 3. The Labute approximate surface area is 121 Å². The summed E-state index contributed by atoms with van der Waals surface area (Å²) in [5.41, 5.74) is 1.10. The van der Waals surface area contributed by atoms with Gasteiger partial charge < -0.3 is 10.1 Å². The normalized spacial score (nSPS) is 11.2. The van der Waals surface area contributed by atoms with E-state index in [1.807, 2.05) is 6.07 Å². The van der Waals surface area contributed by atoms with E-state index < -0.39 is 6.36 Å². The van der Waals surface area contributed by atoms with Crippen LogP contribution in [0.1, 0.15) is 5.56 Å². The van der Waals surface area contributed by atoms with Gasteiger partial charge in [0.25, 0.3) is 0 Å². The maximum Gasteiger partial charge on any atom is 0.573 e. The maximum absolute atomic E-state index is 12.3. The molecule has 1 aromatic heterocycles. The lowest BCUT2D eigenvalue weighted by Gasteiger charge is -2.14. The molecule has 20 heavy (non-hydrogen) atoms. The molecule has 7 heteroatoms. The molecular weight excluding hydrogens is 337 g/mol. The fraction of sp³-hybridized carbons (Fsp3) is 0.154. The summed E-state index contributed by atoms with van der Waals surface area (Å²) in [6.07, 6.45) is -1.45. The number of anilines is 1. The Bertz CT molecular complexity index is 590. The van der Waals surface area contributed by atoms with Crippen molar-refractivity contribution in [2.75, 3.05) is 5.32 Å². The summed E-state index contributed by atoms with van der Waals surface area (Å²) in [7, 11) is 0. The van der Waals surface area contributed by atoms with Gasteiger partial charge in [-0.2, -0.15) is 0 Å². The maximum atomic E-state index is 12.3. The molecule has 1 N–H and O–H groups in total. The second-order valence-corrected chi connectivity index (χ2v) is 4.82. The zero-order valence-corrected chi connectivity index (χ0v) is 11.7. The van der Waals surface area contributed by atoms with Gasteiger partial charge in [-0.3, -0.25) is 4.98 Å². The summed E-state index contributed by atoms with van der Waals surface area (Å²) in [4.78, 5) is 3.98. The van der Waals surface area contributed by atoms with E-state index in [4.69, 9.17) is 0 Å². The highest BCUT2D eigenvalue weighted by molar-refractivity contribution is 9.10. The lowest BCUT2D eigenvalue weighted by molar-refractivity contribution is -0.274. The Kier molecular flexibility index (Phi) is 4.49. The number of pyridine rings is 1. The van der Waals surface area contributed by atoms with Crippen molar-refractivity contribution in [2.24, 2.45) is 0 Å². The lowest BCUT2D eigenvalue weighted by atomic mass is 10.2. The summed E-state index contributed by atoms with van der Waals surface area (Å²) in [6.45, 7) is 0.338. The van der Waals surface area contributed by atoms with Gasteiger partial charge in [-0.05, 0) is 39.7 Å². The number of ether oxygens (including phenoxy) is 1. The van der Waals surface area contributed by atoms with E-state index in [0.717, 1.165) is 10.0 Å². The number of para-hydroxylation sites is 2. The van der Waals surface area contributed by atoms with Gasteiger partial charge in [-0.1, -0.05) is 12.1 Å². The third kappa shape index (κ3) is 4.41. The molecule has 0 unspecified atom stereocenters. The van der Waals surface area contributed by atoms with Crippen molar-refractivity contribution in [3.63, 3.8) is 0 Å². The molecule has 0 atom stereocenters. The highest BCUT2D eigenvalue weighted by Crippen LogP contribution is 2.30. The van der Waals surface area contributed by atoms with E-state index in [9.17, 15) is 13.2 Å². The minimum Gasteiger partial charge on any atom is -0.404 e. The molecule has 0 aliphatic heterocycles. The summed E-state index contributed by atoms with van der Waals surface area (Å²) in [5.74, 6) is -0.261. The molecule has 0 aliphatic carbocycles. The first-order valence-electron chi connectivity index (χ1n) is 5.62. The molecule has 0 aliphatic rings. The largest absolute Gasteiger partial charge is 0.573 e. The van der Waals surface area contributed by atoms with Gasteiger partial charge in [0, 0.05) is 23.4 Å². The fourth-order valence-corrected chi connectivity index (χ4v) is 1.99. The molecular formula is C13H10BrF3N2O. The van der Waals surface area contributed by atoms with Crippen molar-refractivity contribution in [3.05, 3.63) is 52.8 Å². The number of aromatic nitrogens is 1. The smallest absolute Gasteiger partial charge is 0.404 e. The summed E-state index contributed by atoms with van der Waals surface area (Å²) in [5, 5.41) is 2.89. The zero-order chi connectivity index (χ0) is 14.6. The predicted octanol–water partition coefficient (Wildman–Crippen LogP) is 4.35. The average Bonchev–Trinajstić information content (AvgIpc) is 2.36. The van der Waals surface area contributed by atoms with E-state index in [2.05, 4.69) is 31.0 Å². The molecule has 0 spiro atoms. The van der Waals surface area contributed by atoms with Crippen LogP contribution in [0.2, 0.25) is 0 Å². The van der Waals surface area contributed by atoms with Crippen LogP contribution in [0.25, 0.3) is 0 Å². The first kappa shape index (κ1) is 14.6. The Hall–Kier alpha value is -1.76. The Morgan fingerprint density at radius 1 is 1.20 bits per heavy atom. The average molecular weight is 347 g/mol. The van der Waals surface area contributed by atoms with E-state index >= 15 is 0 Å².